The molecule has 3 N–H and O–H groups in total. The van der Waals surface area contributed by atoms with Gasteiger partial charge in [0.1, 0.15) is 22.5 Å². The third-order valence-electron chi connectivity index (χ3n) is 5.13. The fourth-order valence-electron chi connectivity index (χ4n) is 3.38. The largest absolute Gasteiger partial charge is 0.480 e. The molecular weight excluding hydrogens is 412 g/mol. The van der Waals surface area contributed by atoms with E-state index < -0.39 is 12.0 Å². The van der Waals surface area contributed by atoms with Gasteiger partial charge in [-0.1, -0.05) is 26.0 Å². The number of carboxylic acid groups (broad SMARTS) is 1. The molecule has 0 aliphatic rings. The molecule has 0 aliphatic carbocycles. The summed E-state index contributed by atoms with van der Waals surface area (Å²) in [7, 11) is 0. The minimum atomic E-state index is -1.02. The van der Waals surface area contributed by atoms with E-state index in [0.29, 0.717) is 18.5 Å². The molecule has 0 saturated heterocycles. The molecule has 8 heteroatoms. The van der Waals surface area contributed by atoms with Crippen LogP contribution in [0.25, 0.3) is 10.2 Å². The minimum absolute atomic E-state index is 0.169. The molecule has 3 rings (SSSR count). The summed E-state index contributed by atoms with van der Waals surface area (Å²) in [5, 5.41) is 16.4. The van der Waals surface area contributed by atoms with E-state index in [2.05, 4.69) is 34.4 Å². The van der Waals surface area contributed by atoms with Crippen LogP contribution in [-0.2, 0) is 11.3 Å². The standard InChI is InChI=1S/C23H28N4O3S/c1-12(2)10-18(23(29)30)27-21(28)17-8-6-16(7-9-17)11-24-20-19-13(3)14(4)31-22(19)26-15(5)25-20/h6-9,12,18H,10-11H2,1-5H3,(H,27,28)(H,29,30)(H,24,25,26). The Bertz CT molecular complexity index is 1110. The summed E-state index contributed by atoms with van der Waals surface area (Å²) >= 11 is 1.67. The number of benzene rings is 1. The fraction of sp³-hybridized carbons (Fsp3) is 0.391. The predicted molar refractivity (Wildman–Crippen MR) is 124 cm³/mol. The van der Waals surface area contributed by atoms with Crippen LogP contribution in [0.3, 0.4) is 0 Å². The number of hydrogen-bond acceptors (Lipinski definition) is 6. The van der Waals surface area contributed by atoms with E-state index in [1.165, 1.54) is 10.4 Å². The summed E-state index contributed by atoms with van der Waals surface area (Å²) < 4.78 is 0. The Morgan fingerprint density at radius 1 is 1.10 bits per heavy atom. The van der Waals surface area contributed by atoms with Gasteiger partial charge < -0.3 is 15.7 Å². The lowest BCUT2D eigenvalue weighted by atomic mass is 10.0. The summed E-state index contributed by atoms with van der Waals surface area (Å²) in [6.45, 7) is 10.4. The van der Waals surface area contributed by atoms with Gasteiger partial charge in [-0.15, -0.1) is 11.3 Å². The van der Waals surface area contributed by atoms with E-state index in [9.17, 15) is 14.7 Å². The van der Waals surface area contributed by atoms with E-state index in [0.717, 1.165) is 27.4 Å². The topological polar surface area (TPSA) is 104 Å². The smallest absolute Gasteiger partial charge is 0.326 e. The van der Waals surface area contributed by atoms with Crippen molar-refractivity contribution in [3.05, 3.63) is 51.7 Å². The van der Waals surface area contributed by atoms with Crippen molar-refractivity contribution >= 4 is 39.2 Å². The summed E-state index contributed by atoms with van der Waals surface area (Å²) in [4.78, 5) is 35.2. The molecule has 2 aromatic heterocycles. The molecular formula is C23H28N4O3S. The fourth-order valence-corrected chi connectivity index (χ4v) is 4.45. The second-order valence-electron chi connectivity index (χ2n) is 8.13. The molecule has 2 heterocycles. The molecule has 164 valence electrons. The van der Waals surface area contributed by atoms with E-state index in [4.69, 9.17) is 0 Å². The van der Waals surface area contributed by atoms with Crippen LogP contribution in [0.1, 0.15) is 52.5 Å². The van der Waals surface area contributed by atoms with Crippen molar-refractivity contribution in [3.63, 3.8) is 0 Å². The van der Waals surface area contributed by atoms with E-state index in [1.54, 1.807) is 23.5 Å². The average molecular weight is 441 g/mol. The van der Waals surface area contributed by atoms with Crippen LogP contribution in [0.15, 0.2) is 24.3 Å². The first-order valence-corrected chi connectivity index (χ1v) is 11.1. The van der Waals surface area contributed by atoms with Gasteiger partial charge in [0.05, 0.1) is 5.39 Å². The highest BCUT2D eigenvalue weighted by molar-refractivity contribution is 7.18. The van der Waals surface area contributed by atoms with E-state index >= 15 is 0 Å². The van der Waals surface area contributed by atoms with Gasteiger partial charge in [0, 0.05) is 17.0 Å². The highest BCUT2D eigenvalue weighted by Gasteiger charge is 2.21. The first-order valence-electron chi connectivity index (χ1n) is 10.3. The van der Waals surface area contributed by atoms with Crippen molar-refractivity contribution in [2.75, 3.05) is 5.32 Å². The maximum Gasteiger partial charge on any atom is 0.326 e. The summed E-state index contributed by atoms with van der Waals surface area (Å²) in [5.74, 6) is 0.294. The average Bonchev–Trinajstić information content (AvgIpc) is 2.99. The molecule has 0 bridgehead atoms. The lowest BCUT2D eigenvalue weighted by Crippen LogP contribution is -2.41. The monoisotopic (exact) mass is 440 g/mol. The van der Waals surface area contributed by atoms with Crippen molar-refractivity contribution < 1.29 is 14.7 Å². The van der Waals surface area contributed by atoms with Gasteiger partial charge in [0.15, 0.2) is 0 Å². The number of hydrogen-bond donors (Lipinski definition) is 3. The van der Waals surface area contributed by atoms with Gasteiger partial charge in [-0.3, -0.25) is 4.79 Å². The highest BCUT2D eigenvalue weighted by Crippen LogP contribution is 2.33. The molecule has 1 aromatic carbocycles. The van der Waals surface area contributed by atoms with Gasteiger partial charge in [0.25, 0.3) is 5.91 Å². The van der Waals surface area contributed by atoms with Gasteiger partial charge in [-0.25, -0.2) is 14.8 Å². The van der Waals surface area contributed by atoms with Crippen LogP contribution in [0.4, 0.5) is 5.82 Å². The maximum atomic E-state index is 12.4. The number of nitrogens with zero attached hydrogens (tertiary/aromatic N) is 2. The van der Waals surface area contributed by atoms with Crippen molar-refractivity contribution in [2.45, 2.75) is 53.6 Å². The first kappa shape index (κ1) is 22.7. The second-order valence-corrected chi connectivity index (χ2v) is 9.33. The number of aromatic nitrogens is 2. The van der Waals surface area contributed by atoms with Crippen molar-refractivity contribution in [3.8, 4) is 0 Å². The Kier molecular flexibility index (Phi) is 6.90. The summed E-state index contributed by atoms with van der Waals surface area (Å²) in [6.07, 6.45) is 0.386. The number of anilines is 1. The Balaban J connectivity index is 1.70. The van der Waals surface area contributed by atoms with Gasteiger partial charge in [-0.05, 0) is 56.4 Å². The number of carbonyl (C=O) groups excluding carboxylic acids is 1. The molecule has 1 amide bonds. The van der Waals surface area contributed by atoms with Gasteiger partial charge in [-0.2, -0.15) is 0 Å². The highest BCUT2D eigenvalue weighted by atomic mass is 32.1. The lowest BCUT2D eigenvalue weighted by molar-refractivity contribution is -0.139. The Morgan fingerprint density at radius 2 is 1.77 bits per heavy atom. The number of rotatable bonds is 8. The number of aryl methyl sites for hydroxylation is 3. The third-order valence-corrected chi connectivity index (χ3v) is 6.23. The third kappa shape index (κ3) is 5.38. The molecule has 31 heavy (non-hydrogen) atoms. The molecule has 7 nitrogen and oxygen atoms in total. The molecule has 0 fully saturated rings. The molecule has 0 aliphatic heterocycles. The second kappa shape index (κ2) is 9.43. The lowest BCUT2D eigenvalue weighted by Gasteiger charge is -2.16. The predicted octanol–water partition coefficient (Wildman–Crippen LogP) is 4.46. The summed E-state index contributed by atoms with van der Waals surface area (Å²) in [6, 6.07) is 6.24. The van der Waals surface area contributed by atoms with Crippen LogP contribution in [0, 0.1) is 26.7 Å². The van der Waals surface area contributed by atoms with E-state index in [1.807, 2.05) is 32.9 Å². The number of thiophene rings is 1. The van der Waals surface area contributed by atoms with Crippen LogP contribution in [0.2, 0.25) is 0 Å². The zero-order valence-electron chi connectivity index (χ0n) is 18.4. The van der Waals surface area contributed by atoms with Crippen molar-refractivity contribution in [1.82, 2.24) is 15.3 Å². The number of carbonyl (C=O) groups is 2. The van der Waals surface area contributed by atoms with Gasteiger partial charge in [0.2, 0.25) is 0 Å². The number of fused-ring (bicyclic) bond motifs is 1. The normalized spacial score (nSPS) is 12.2. The van der Waals surface area contributed by atoms with Crippen LogP contribution in [-0.4, -0.2) is 33.0 Å². The zero-order valence-corrected chi connectivity index (χ0v) is 19.3. The van der Waals surface area contributed by atoms with Crippen molar-refractivity contribution in [2.24, 2.45) is 5.92 Å². The minimum Gasteiger partial charge on any atom is -0.480 e. The molecule has 0 saturated carbocycles. The first-order chi connectivity index (χ1) is 14.7. The Morgan fingerprint density at radius 3 is 2.39 bits per heavy atom. The number of aliphatic carboxylic acids is 1. The SMILES string of the molecule is Cc1nc(NCc2ccc(C(=O)NC(CC(C)C)C(=O)O)cc2)c2c(C)c(C)sc2n1. The van der Waals surface area contributed by atoms with Crippen LogP contribution < -0.4 is 10.6 Å². The molecule has 1 unspecified atom stereocenters. The number of carboxylic acids is 1. The molecule has 3 aromatic rings. The quantitative estimate of drug-likeness (QED) is 0.478. The molecule has 1 atom stereocenters. The zero-order chi connectivity index (χ0) is 22.7. The summed E-state index contributed by atoms with van der Waals surface area (Å²) in [5.41, 5.74) is 2.61. The maximum absolute atomic E-state index is 12.4. The Hall–Kier alpha value is -3.00. The molecule has 0 radical (unpaired) electrons. The van der Waals surface area contributed by atoms with Crippen molar-refractivity contribution in [1.29, 1.82) is 0 Å². The number of nitrogens with one attached hydrogen (secondary N) is 2. The van der Waals surface area contributed by atoms with Gasteiger partial charge >= 0.3 is 5.97 Å². The molecule has 0 spiro atoms. The number of amides is 1. The Labute approximate surface area is 185 Å². The van der Waals surface area contributed by atoms with E-state index in [-0.39, 0.29) is 11.8 Å². The van der Waals surface area contributed by atoms with Crippen LogP contribution in [0.5, 0.6) is 0 Å². The van der Waals surface area contributed by atoms with Crippen LogP contribution >= 0.6 is 11.3 Å².